The van der Waals surface area contributed by atoms with Crippen molar-refractivity contribution in [3.05, 3.63) is 53.6 Å². The molecule has 0 saturated carbocycles. The van der Waals surface area contributed by atoms with E-state index in [2.05, 4.69) is 10.6 Å². The van der Waals surface area contributed by atoms with E-state index in [1.807, 2.05) is 6.07 Å². The van der Waals surface area contributed by atoms with E-state index in [1.54, 1.807) is 62.6 Å². The van der Waals surface area contributed by atoms with Crippen LogP contribution in [0.3, 0.4) is 0 Å². The molecule has 1 saturated heterocycles. The van der Waals surface area contributed by atoms with Crippen molar-refractivity contribution in [2.24, 2.45) is 0 Å². The Hall–Kier alpha value is -3.75. The van der Waals surface area contributed by atoms with Crippen molar-refractivity contribution in [3.63, 3.8) is 0 Å². The molecule has 2 aromatic rings. The van der Waals surface area contributed by atoms with Crippen molar-refractivity contribution >= 4 is 17.7 Å². The first-order valence-corrected chi connectivity index (χ1v) is 11.6. The number of nitrogens with zero attached hydrogens (tertiary/aromatic N) is 1. The van der Waals surface area contributed by atoms with Gasteiger partial charge in [-0.2, -0.15) is 0 Å². The van der Waals surface area contributed by atoms with Gasteiger partial charge >= 0.3 is 0 Å². The molecule has 0 radical (unpaired) electrons. The molecule has 0 aliphatic carbocycles. The third-order valence-electron chi connectivity index (χ3n) is 6.03. The molecular weight excluding hydrogens is 450 g/mol. The Kier molecular flexibility index (Phi) is 8.94. The number of amides is 3. The number of benzene rings is 2. The van der Waals surface area contributed by atoms with Gasteiger partial charge in [0.05, 0.1) is 21.3 Å². The Bertz CT molecular complexity index is 1050. The maximum absolute atomic E-state index is 13.1. The van der Waals surface area contributed by atoms with Gasteiger partial charge in [-0.25, -0.2) is 0 Å². The fourth-order valence-electron chi connectivity index (χ4n) is 4.17. The Morgan fingerprint density at radius 2 is 1.69 bits per heavy atom. The zero-order chi connectivity index (χ0) is 25.4. The molecule has 1 aliphatic heterocycles. The average molecular weight is 484 g/mol. The minimum absolute atomic E-state index is 0.0572. The van der Waals surface area contributed by atoms with Crippen molar-refractivity contribution < 1.29 is 28.6 Å². The Balaban J connectivity index is 1.59. The fourth-order valence-corrected chi connectivity index (χ4v) is 4.17. The Labute approximate surface area is 205 Å². The molecule has 3 amide bonds. The molecule has 188 valence electrons. The first-order valence-electron chi connectivity index (χ1n) is 11.6. The van der Waals surface area contributed by atoms with E-state index >= 15 is 0 Å². The van der Waals surface area contributed by atoms with Crippen LogP contribution in [0, 0.1) is 0 Å². The molecule has 1 fully saturated rings. The smallest absolute Gasteiger partial charge is 0.253 e. The number of carbonyl (C=O) groups excluding carboxylic acids is 3. The normalized spacial score (nSPS) is 14.6. The van der Waals surface area contributed by atoms with E-state index in [9.17, 15) is 14.4 Å². The SMILES string of the molecule is COc1cccc(C(=O)N2CCC(NC(=O)C(Cc3ccc(OC)c(OC)c3)NC(C)=O)CC2)c1. The highest BCUT2D eigenvalue weighted by atomic mass is 16.5. The third kappa shape index (κ3) is 6.88. The first-order chi connectivity index (χ1) is 16.8. The first kappa shape index (κ1) is 25.9. The van der Waals surface area contributed by atoms with Crippen LogP contribution in [-0.2, 0) is 16.0 Å². The number of likely N-dealkylation sites (tertiary alicyclic amines) is 1. The molecular formula is C26H33N3O6. The lowest BCUT2D eigenvalue weighted by Crippen LogP contribution is -2.53. The molecule has 1 atom stereocenters. The van der Waals surface area contributed by atoms with E-state index in [0.717, 1.165) is 5.56 Å². The molecule has 9 heteroatoms. The van der Waals surface area contributed by atoms with Gasteiger partial charge in [-0.1, -0.05) is 12.1 Å². The summed E-state index contributed by atoms with van der Waals surface area (Å²) in [6.07, 6.45) is 1.56. The zero-order valence-corrected chi connectivity index (χ0v) is 20.6. The summed E-state index contributed by atoms with van der Waals surface area (Å²) in [6.45, 7) is 2.44. The molecule has 0 spiro atoms. The average Bonchev–Trinajstić information content (AvgIpc) is 2.88. The molecule has 1 heterocycles. The summed E-state index contributed by atoms with van der Waals surface area (Å²) < 4.78 is 15.8. The van der Waals surface area contributed by atoms with Crippen molar-refractivity contribution in [3.8, 4) is 17.2 Å². The predicted octanol–water partition coefficient (Wildman–Crippen LogP) is 2.18. The minimum atomic E-state index is -0.734. The summed E-state index contributed by atoms with van der Waals surface area (Å²) >= 11 is 0. The summed E-state index contributed by atoms with van der Waals surface area (Å²) in [5.74, 6) is 1.18. The maximum Gasteiger partial charge on any atom is 0.253 e. The molecule has 1 unspecified atom stereocenters. The van der Waals surface area contributed by atoms with Gasteiger partial charge in [-0.05, 0) is 48.7 Å². The van der Waals surface area contributed by atoms with Crippen LogP contribution in [0.2, 0.25) is 0 Å². The molecule has 3 rings (SSSR count). The quantitative estimate of drug-likeness (QED) is 0.566. The van der Waals surface area contributed by atoms with E-state index in [4.69, 9.17) is 14.2 Å². The van der Waals surface area contributed by atoms with Crippen molar-refractivity contribution in [2.75, 3.05) is 34.4 Å². The fraction of sp³-hybridized carbons (Fsp3) is 0.423. The highest BCUT2D eigenvalue weighted by molar-refractivity contribution is 5.94. The van der Waals surface area contributed by atoms with Crippen LogP contribution >= 0.6 is 0 Å². The van der Waals surface area contributed by atoms with Gasteiger partial charge in [0.2, 0.25) is 11.8 Å². The van der Waals surface area contributed by atoms with Crippen LogP contribution < -0.4 is 24.8 Å². The summed E-state index contributed by atoms with van der Waals surface area (Å²) in [5.41, 5.74) is 1.41. The van der Waals surface area contributed by atoms with Crippen molar-refractivity contribution in [2.45, 2.75) is 38.3 Å². The molecule has 1 aliphatic rings. The number of methoxy groups -OCH3 is 3. The summed E-state index contributed by atoms with van der Waals surface area (Å²) in [6, 6.07) is 11.7. The van der Waals surface area contributed by atoms with Gasteiger partial charge in [0, 0.05) is 38.0 Å². The molecule has 35 heavy (non-hydrogen) atoms. The number of hydrogen-bond acceptors (Lipinski definition) is 6. The van der Waals surface area contributed by atoms with Crippen molar-refractivity contribution in [1.29, 1.82) is 0 Å². The minimum Gasteiger partial charge on any atom is -0.497 e. The van der Waals surface area contributed by atoms with E-state index < -0.39 is 6.04 Å². The highest BCUT2D eigenvalue weighted by Crippen LogP contribution is 2.28. The van der Waals surface area contributed by atoms with Gasteiger partial charge in [0.1, 0.15) is 11.8 Å². The predicted molar refractivity (Wildman–Crippen MR) is 131 cm³/mol. The zero-order valence-electron chi connectivity index (χ0n) is 20.6. The largest absolute Gasteiger partial charge is 0.497 e. The number of rotatable bonds is 9. The Morgan fingerprint density at radius 1 is 0.971 bits per heavy atom. The lowest BCUT2D eigenvalue weighted by molar-refractivity contribution is -0.128. The number of nitrogens with one attached hydrogen (secondary N) is 2. The van der Waals surface area contributed by atoms with Gasteiger partial charge in [-0.15, -0.1) is 0 Å². The van der Waals surface area contributed by atoms with Crippen LogP contribution in [0.4, 0.5) is 0 Å². The topological polar surface area (TPSA) is 106 Å². The second kappa shape index (κ2) is 12.1. The summed E-state index contributed by atoms with van der Waals surface area (Å²) in [4.78, 5) is 39.5. The highest BCUT2D eigenvalue weighted by Gasteiger charge is 2.28. The van der Waals surface area contributed by atoms with E-state index in [1.165, 1.54) is 6.92 Å². The van der Waals surface area contributed by atoms with Crippen LogP contribution in [0.5, 0.6) is 17.2 Å². The molecule has 0 aromatic heterocycles. The molecule has 0 bridgehead atoms. The standard InChI is InChI=1S/C26H33N3O6/c1-17(30)27-22(14-18-8-9-23(34-3)24(15-18)35-4)25(31)28-20-10-12-29(13-11-20)26(32)19-6-5-7-21(16-19)33-2/h5-9,15-16,20,22H,10-14H2,1-4H3,(H,27,30)(H,28,31). The number of hydrogen-bond donors (Lipinski definition) is 2. The van der Waals surface area contributed by atoms with Crippen LogP contribution in [0.25, 0.3) is 0 Å². The summed E-state index contributed by atoms with van der Waals surface area (Å²) in [5, 5.41) is 5.79. The number of ether oxygens (including phenoxy) is 3. The van der Waals surface area contributed by atoms with Gasteiger partial charge in [0.15, 0.2) is 11.5 Å². The lowest BCUT2D eigenvalue weighted by Gasteiger charge is -2.33. The van der Waals surface area contributed by atoms with Crippen molar-refractivity contribution in [1.82, 2.24) is 15.5 Å². The van der Waals surface area contributed by atoms with Gasteiger partial charge < -0.3 is 29.7 Å². The van der Waals surface area contributed by atoms with Gasteiger partial charge in [0.25, 0.3) is 5.91 Å². The summed E-state index contributed by atoms with van der Waals surface area (Å²) in [7, 11) is 4.67. The molecule has 9 nitrogen and oxygen atoms in total. The monoisotopic (exact) mass is 483 g/mol. The molecule has 2 aromatic carbocycles. The van der Waals surface area contributed by atoms with E-state index in [-0.39, 0.29) is 23.8 Å². The Morgan fingerprint density at radius 3 is 2.31 bits per heavy atom. The lowest BCUT2D eigenvalue weighted by atomic mass is 10.0. The maximum atomic E-state index is 13.1. The van der Waals surface area contributed by atoms with Crippen LogP contribution in [0.1, 0.15) is 35.7 Å². The number of piperidine rings is 1. The van der Waals surface area contributed by atoms with Crippen LogP contribution in [-0.4, -0.2) is 69.1 Å². The number of carbonyl (C=O) groups is 3. The van der Waals surface area contributed by atoms with Crippen LogP contribution in [0.15, 0.2) is 42.5 Å². The third-order valence-corrected chi connectivity index (χ3v) is 6.03. The second-order valence-electron chi connectivity index (χ2n) is 8.45. The molecule has 2 N–H and O–H groups in total. The second-order valence-corrected chi connectivity index (χ2v) is 8.45. The van der Waals surface area contributed by atoms with Gasteiger partial charge in [-0.3, -0.25) is 14.4 Å². The van der Waals surface area contributed by atoms with E-state index in [0.29, 0.717) is 55.2 Å².